The SMILES string of the molecule is Cc1nc(OC(N)=O)ccc1NC(=O)Nc1cccc(Br)c1. The van der Waals surface area contributed by atoms with Crippen LogP contribution in [-0.2, 0) is 0 Å². The third kappa shape index (κ3) is 4.45. The van der Waals surface area contributed by atoms with Crippen LogP contribution in [0.5, 0.6) is 5.88 Å². The van der Waals surface area contributed by atoms with Gasteiger partial charge in [-0.25, -0.2) is 14.6 Å². The quantitative estimate of drug-likeness (QED) is 0.776. The summed E-state index contributed by atoms with van der Waals surface area (Å²) in [7, 11) is 0. The summed E-state index contributed by atoms with van der Waals surface area (Å²) < 4.78 is 5.52. The molecule has 1 heterocycles. The molecule has 2 aromatic rings. The van der Waals surface area contributed by atoms with Gasteiger partial charge >= 0.3 is 12.1 Å². The summed E-state index contributed by atoms with van der Waals surface area (Å²) in [5, 5.41) is 5.35. The second kappa shape index (κ2) is 6.90. The molecular weight excluding hydrogens is 352 g/mol. The number of hydrogen-bond acceptors (Lipinski definition) is 4. The van der Waals surface area contributed by atoms with Gasteiger partial charge in [-0.05, 0) is 31.2 Å². The van der Waals surface area contributed by atoms with Gasteiger partial charge in [0.05, 0.1) is 11.4 Å². The van der Waals surface area contributed by atoms with Gasteiger partial charge in [0.25, 0.3) is 0 Å². The van der Waals surface area contributed by atoms with Crippen LogP contribution in [0, 0.1) is 6.92 Å². The van der Waals surface area contributed by atoms with E-state index in [-0.39, 0.29) is 5.88 Å². The summed E-state index contributed by atoms with van der Waals surface area (Å²) in [4.78, 5) is 26.6. The number of anilines is 2. The van der Waals surface area contributed by atoms with E-state index in [0.29, 0.717) is 17.1 Å². The van der Waals surface area contributed by atoms with Gasteiger partial charge in [0.1, 0.15) is 0 Å². The van der Waals surface area contributed by atoms with E-state index in [0.717, 1.165) is 4.47 Å². The number of hydrogen-bond donors (Lipinski definition) is 3. The number of carbonyl (C=O) groups is 2. The van der Waals surface area contributed by atoms with Crippen molar-refractivity contribution in [1.82, 2.24) is 4.98 Å². The van der Waals surface area contributed by atoms with E-state index in [1.54, 1.807) is 25.1 Å². The second-order valence-electron chi connectivity index (χ2n) is 4.29. The van der Waals surface area contributed by atoms with Gasteiger partial charge in [-0.2, -0.15) is 0 Å². The van der Waals surface area contributed by atoms with Crippen LogP contribution in [0.15, 0.2) is 40.9 Å². The monoisotopic (exact) mass is 364 g/mol. The fraction of sp³-hybridized carbons (Fsp3) is 0.0714. The number of amides is 3. The van der Waals surface area contributed by atoms with Crippen LogP contribution in [0.4, 0.5) is 21.0 Å². The number of aromatic nitrogens is 1. The molecule has 0 atom stereocenters. The largest absolute Gasteiger partial charge is 0.411 e. The maximum Gasteiger partial charge on any atom is 0.411 e. The molecule has 0 aliphatic rings. The van der Waals surface area contributed by atoms with Crippen LogP contribution >= 0.6 is 15.9 Å². The number of nitrogens with zero attached hydrogens (tertiary/aromatic N) is 1. The van der Waals surface area contributed by atoms with Crippen LogP contribution < -0.4 is 21.1 Å². The third-order valence-corrected chi connectivity index (χ3v) is 3.09. The average Bonchev–Trinajstić information content (AvgIpc) is 2.41. The van der Waals surface area contributed by atoms with Crippen LogP contribution in [0.3, 0.4) is 0 Å². The molecule has 3 amide bonds. The van der Waals surface area contributed by atoms with Crippen molar-refractivity contribution in [1.29, 1.82) is 0 Å². The number of urea groups is 1. The van der Waals surface area contributed by atoms with Crippen molar-refractivity contribution < 1.29 is 14.3 Å². The topological polar surface area (TPSA) is 106 Å². The first-order valence-electron chi connectivity index (χ1n) is 6.22. The van der Waals surface area contributed by atoms with E-state index in [2.05, 4.69) is 36.3 Å². The Morgan fingerprint density at radius 1 is 1.23 bits per heavy atom. The van der Waals surface area contributed by atoms with E-state index in [4.69, 9.17) is 5.73 Å². The standard InChI is InChI=1S/C14H13BrN4O3/c1-8-11(5-6-12(17-8)22-13(16)20)19-14(21)18-10-4-2-3-9(15)7-10/h2-7H,1H3,(H2,16,20)(H2,18,19,21). The molecule has 1 aromatic carbocycles. The molecule has 0 fully saturated rings. The van der Waals surface area contributed by atoms with Gasteiger partial charge in [-0.1, -0.05) is 22.0 Å². The lowest BCUT2D eigenvalue weighted by Gasteiger charge is -2.10. The maximum atomic E-state index is 11.9. The van der Waals surface area contributed by atoms with Crippen LogP contribution in [-0.4, -0.2) is 17.1 Å². The predicted molar refractivity (Wildman–Crippen MR) is 86.0 cm³/mol. The average molecular weight is 365 g/mol. The molecule has 22 heavy (non-hydrogen) atoms. The van der Waals surface area contributed by atoms with E-state index >= 15 is 0 Å². The summed E-state index contributed by atoms with van der Waals surface area (Å²) >= 11 is 3.32. The van der Waals surface area contributed by atoms with E-state index in [1.165, 1.54) is 6.07 Å². The molecule has 0 radical (unpaired) electrons. The number of nitrogens with one attached hydrogen (secondary N) is 2. The summed E-state index contributed by atoms with van der Waals surface area (Å²) in [6, 6.07) is 9.80. The fourth-order valence-electron chi connectivity index (χ4n) is 1.68. The molecule has 0 saturated heterocycles. The molecule has 1 aromatic heterocycles. The molecule has 2 rings (SSSR count). The smallest absolute Gasteiger partial charge is 0.391 e. The molecule has 4 N–H and O–H groups in total. The van der Waals surface area contributed by atoms with Crippen molar-refractivity contribution >= 4 is 39.4 Å². The first-order valence-corrected chi connectivity index (χ1v) is 7.02. The zero-order chi connectivity index (χ0) is 16.1. The number of benzene rings is 1. The lowest BCUT2D eigenvalue weighted by molar-refractivity contribution is 0.209. The predicted octanol–water partition coefficient (Wildman–Crippen LogP) is 3.25. The summed E-state index contributed by atoms with van der Waals surface area (Å²) in [6.07, 6.45) is -0.944. The molecule has 8 heteroatoms. The van der Waals surface area contributed by atoms with Gasteiger partial charge in [0, 0.05) is 16.2 Å². The first kappa shape index (κ1) is 15.8. The zero-order valence-corrected chi connectivity index (χ0v) is 13.2. The van der Waals surface area contributed by atoms with Gasteiger partial charge in [-0.15, -0.1) is 0 Å². The van der Waals surface area contributed by atoms with Crippen molar-refractivity contribution in [2.24, 2.45) is 5.73 Å². The number of carbonyl (C=O) groups excluding carboxylic acids is 2. The Kier molecular flexibility index (Phi) is 4.95. The molecule has 114 valence electrons. The Balaban J connectivity index is 2.04. The third-order valence-electron chi connectivity index (χ3n) is 2.60. The number of nitrogens with two attached hydrogens (primary N) is 1. The van der Waals surface area contributed by atoms with Crippen molar-refractivity contribution in [2.45, 2.75) is 6.92 Å². The van der Waals surface area contributed by atoms with Gasteiger partial charge in [0.2, 0.25) is 5.88 Å². The molecule has 0 saturated carbocycles. The maximum absolute atomic E-state index is 11.9. The Labute approximate surface area is 135 Å². The first-order chi connectivity index (χ1) is 10.4. The van der Waals surface area contributed by atoms with Crippen molar-refractivity contribution in [2.75, 3.05) is 10.6 Å². The highest BCUT2D eigenvalue weighted by atomic mass is 79.9. The number of aryl methyl sites for hydroxylation is 1. The van der Waals surface area contributed by atoms with E-state index in [1.807, 2.05) is 12.1 Å². The minimum absolute atomic E-state index is 0.0722. The number of halogens is 1. The van der Waals surface area contributed by atoms with Crippen LogP contribution in [0.25, 0.3) is 0 Å². The Morgan fingerprint density at radius 3 is 2.64 bits per heavy atom. The number of pyridine rings is 1. The van der Waals surface area contributed by atoms with Crippen molar-refractivity contribution in [3.63, 3.8) is 0 Å². The van der Waals surface area contributed by atoms with Crippen LogP contribution in [0.2, 0.25) is 0 Å². The Bertz CT molecular complexity index is 721. The molecule has 0 aliphatic carbocycles. The number of primary amides is 1. The van der Waals surface area contributed by atoms with Crippen molar-refractivity contribution in [3.8, 4) is 5.88 Å². The van der Waals surface area contributed by atoms with E-state index < -0.39 is 12.1 Å². The second-order valence-corrected chi connectivity index (χ2v) is 5.21. The highest BCUT2D eigenvalue weighted by molar-refractivity contribution is 9.10. The lowest BCUT2D eigenvalue weighted by Crippen LogP contribution is -2.20. The van der Waals surface area contributed by atoms with Gasteiger partial charge in [0.15, 0.2) is 0 Å². The number of rotatable bonds is 3. The normalized spacial score (nSPS) is 9.91. The molecule has 0 aliphatic heterocycles. The van der Waals surface area contributed by atoms with E-state index in [9.17, 15) is 9.59 Å². The van der Waals surface area contributed by atoms with Crippen molar-refractivity contribution in [3.05, 3.63) is 46.6 Å². The van der Waals surface area contributed by atoms with Gasteiger partial charge in [-0.3, -0.25) is 0 Å². The zero-order valence-electron chi connectivity index (χ0n) is 11.6. The molecule has 0 bridgehead atoms. The minimum atomic E-state index is -0.944. The van der Waals surface area contributed by atoms with Crippen LogP contribution in [0.1, 0.15) is 5.69 Å². The molecule has 7 nitrogen and oxygen atoms in total. The molecule has 0 unspecified atom stereocenters. The minimum Gasteiger partial charge on any atom is -0.391 e. The number of ether oxygens (including phenoxy) is 1. The Hall–Kier alpha value is -2.61. The fourth-order valence-corrected chi connectivity index (χ4v) is 2.08. The lowest BCUT2D eigenvalue weighted by atomic mass is 10.3. The Morgan fingerprint density at radius 2 is 2.00 bits per heavy atom. The highest BCUT2D eigenvalue weighted by Crippen LogP contribution is 2.19. The molecule has 0 spiro atoms. The summed E-state index contributed by atoms with van der Waals surface area (Å²) in [5.74, 6) is 0.0722. The summed E-state index contributed by atoms with van der Waals surface area (Å²) in [6.45, 7) is 1.67. The highest BCUT2D eigenvalue weighted by Gasteiger charge is 2.08. The summed E-state index contributed by atoms with van der Waals surface area (Å²) in [5.41, 5.74) is 6.53. The van der Waals surface area contributed by atoms with Gasteiger partial charge < -0.3 is 21.1 Å². The molecular formula is C14H13BrN4O3.